The highest BCUT2D eigenvalue weighted by molar-refractivity contribution is 6.36. The molecule has 0 heterocycles. The van der Waals surface area contributed by atoms with E-state index in [1.54, 1.807) is 19.1 Å². The van der Waals surface area contributed by atoms with E-state index in [9.17, 15) is 19.5 Å². The van der Waals surface area contributed by atoms with Crippen molar-refractivity contribution >= 4 is 60.9 Å². The van der Waals surface area contributed by atoms with Gasteiger partial charge in [-0.15, -0.1) is 0 Å². The van der Waals surface area contributed by atoms with Gasteiger partial charge in [0.15, 0.2) is 0 Å². The Labute approximate surface area is 213 Å². The third-order valence-electron chi connectivity index (χ3n) is 6.81. The average Bonchev–Trinajstić information content (AvgIpc) is 2.90. The third-order valence-corrected chi connectivity index (χ3v) is 6.81. The molecule has 2 N–H and O–H groups in total. The molecule has 37 heavy (non-hydrogen) atoms. The van der Waals surface area contributed by atoms with Crippen LogP contribution in [0.2, 0.25) is 0 Å². The lowest BCUT2D eigenvalue weighted by atomic mass is 9.86. The molecule has 0 saturated carbocycles. The van der Waals surface area contributed by atoms with Crippen LogP contribution in [-0.2, 0) is 9.53 Å². The van der Waals surface area contributed by atoms with Crippen molar-refractivity contribution in [1.29, 1.82) is 0 Å². The Kier molecular flexibility index (Phi) is 6.49. The number of fused-ring (bicyclic) bond motifs is 2. The monoisotopic (exact) mass is 493 g/mol. The van der Waals surface area contributed by atoms with Crippen LogP contribution in [0.25, 0.3) is 43.1 Å². The van der Waals surface area contributed by atoms with Crippen LogP contribution >= 0.6 is 0 Å². The van der Waals surface area contributed by atoms with Crippen LogP contribution in [0.1, 0.15) is 46.9 Å². The van der Waals surface area contributed by atoms with Crippen molar-refractivity contribution in [2.45, 2.75) is 26.2 Å². The molecule has 0 fully saturated rings. The quantitative estimate of drug-likeness (QED) is 0.0809. The SMILES string of the molecule is C=C(C)C(=O)OCCCCCNC(=O)c1ccc2c3cccc4cccc(c5ccc(C(=O)O)c1c52)c43. The predicted molar refractivity (Wildman–Crippen MR) is 147 cm³/mol. The van der Waals surface area contributed by atoms with Crippen LogP contribution in [-0.4, -0.2) is 36.1 Å². The van der Waals surface area contributed by atoms with Crippen molar-refractivity contribution in [2.24, 2.45) is 0 Å². The number of amides is 1. The molecule has 5 rings (SSSR count). The second-order valence-electron chi connectivity index (χ2n) is 9.32. The van der Waals surface area contributed by atoms with Gasteiger partial charge in [0.1, 0.15) is 0 Å². The molecule has 0 unspecified atom stereocenters. The van der Waals surface area contributed by atoms with E-state index < -0.39 is 11.9 Å². The summed E-state index contributed by atoms with van der Waals surface area (Å²) in [5.74, 6) is -1.78. The average molecular weight is 494 g/mol. The molecule has 186 valence electrons. The number of carboxylic acid groups (broad SMARTS) is 1. The van der Waals surface area contributed by atoms with Gasteiger partial charge in [-0.25, -0.2) is 9.59 Å². The van der Waals surface area contributed by atoms with Gasteiger partial charge in [0.05, 0.1) is 12.2 Å². The van der Waals surface area contributed by atoms with Crippen molar-refractivity contribution in [3.8, 4) is 0 Å². The maximum absolute atomic E-state index is 13.3. The predicted octanol–water partition coefficient (Wildman–Crippen LogP) is 6.45. The molecule has 0 atom stereocenters. The molecule has 0 spiro atoms. The van der Waals surface area contributed by atoms with Gasteiger partial charge in [-0.2, -0.15) is 0 Å². The zero-order valence-electron chi connectivity index (χ0n) is 20.6. The van der Waals surface area contributed by atoms with Crippen molar-refractivity contribution in [3.63, 3.8) is 0 Å². The summed E-state index contributed by atoms with van der Waals surface area (Å²) in [5.41, 5.74) is 0.825. The van der Waals surface area contributed by atoms with Gasteiger partial charge >= 0.3 is 11.9 Å². The van der Waals surface area contributed by atoms with Crippen LogP contribution in [0, 0.1) is 0 Å². The van der Waals surface area contributed by atoms with Crippen molar-refractivity contribution < 1.29 is 24.2 Å². The van der Waals surface area contributed by atoms with Gasteiger partial charge in [-0.1, -0.05) is 55.1 Å². The molecule has 5 aromatic carbocycles. The minimum absolute atomic E-state index is 0.108. The fourth-order valence-corrected chi connectivity index (χ4v) is 5.09. The number of nitrogens with one attached hydrogen (secondary N) is 1. The number of carbonyl (C=O) groups is 3. The van der Waals surface area contributed by atoms with E-state index in [0.717, 1.165) is 44.1 Å². The van der Waals surface area contributed by atoms with Gasteiger partial charge in [-0.05, 0) is 76.0 Å². The Morgan fingerprint density at radius 2 is 1.41 bits per heavy atom. The number of carbonyl (C=O) groups excluding carboxylic acids is 2. The van der Waals surface area contributed by atoms with Gasteiger partial charge in [0.25, 0.3) is 5.91 Å². The summed E-state index contributed by atoms with van der Waals surface area (Å²) in [4.78, 5) is 36.9. The van der Waals surface area contributed by atoms with E-state index in [0.29, 0.717) is 42.5 Å². The molecule has 1 amide bonds. The topological polar surface area (TPSA) is 92.7 Å². The molecule has 0 aliphatic carbocycles. The number of benzene rings is 5. The number of esters is 1. The lowest BCUT2D eigenvalue weighted by molar-refractivity contribution is -0.139. The van der Waals surface area contributed by atoms with Crippen molar-refractivity contribution in [1.82, 2.24) is 5.32 Å². The largest absolute Gasteiger partial charge is 0.478 e. The van der Waals surface area contributed by atoms with Gasteiger partial charge in [0, 0.05) is 23.1 Å². The normalized spacial score (nSPS) is 11.4. The number of hydrogen-bond donors (Lipinski definition) is 2. The van der Waals surface area contributed by atoms with E-state index in [4.69, 9.17) is 4.74 Å². The van der Waals surface area contributed by atoms with E-state index >= 15 is 0 Å². The number of aromatic carboxylic acids is 1. The summed E-state index contributed by atoms with van der Waals surface area (Å²) in [5, 5.41) is 20.4. The minimum atomic E-state index is -1.07. The standard InChI is InChI=1S/C31H27NO5/c1-18(2)31(36)37-17-5-3-4-16-32-29(33)24-14-12-22-20-10-6-8-19-9-7-11-21(26(19)20)23-13-15-25(30(34)35)28(24)27(22)23/h6-15H,1,3-5,16-17H2,2H3,(H,32,33)(H,34,35). The van der Waals surface area contributed by atoms with Crippen LogP contribution in [0.3, 0.4) is 0 Å². The molecule has 0 aromatic heterocycles. The van der Waals surface area contributed by atoms with E-state index in [-0.39, 0.29) is 11.5 Å². The zero-order chi connectivity index (χ0) is 26.1. The van der Waals surface area contributed by atoms with E-state index in [1.165, 1.54) is 0 Å². The smallest absolute Gasteiger partial charge is 0.336 e. The van der Waals surface area contributed by atoms with Gasteiger partial charge in [0.2, 0.25) is 0 Å². The van der Waals surface area contributed by atoms with Crippen LogP contribution in [0.15, 0.2) is 72.8 Å². The number of ether oxygens (including phenoxy) is 1. The van der Waals surface area contributed by atoms with E-state index in [1.807, 2.05) is 36.4 Å². The first-order valence-corrected chi connectivity index (χ1v) is 12.3. The maximum Gasteiger partial charge on any atom is 0.336 e. The van der Waals surface area contributed by atoms with Crippen LogP contribution < -0.4 is 5.32 Å². The lowest BCUT2D eigenvalue weighted by Crippen LogP contribution is -2.25. The zero-order valence-corrected chi connectivity index (χ0v) is 20.6. The van der Waals surface area contributed by atoms with E-state index in [2.05, 4.69) is 24.0 Å². The number of hydrogen-bond acceptors (Lipinski definition) is 4. The summed E-state index contributed by atoms with van der Waals surface area (Å²) in [6.07, 6.45) is 2.16. The van der Waals surface area contributed by atoms with Gasteiger partial charge in [-0.3, -0.25) is 4.79 Å². The summed E-state index contributed by atoms with van der Waals surface area (Å²) in [6.45, 7) is 5.90. The molecule has 0 aliphatic heterocycles. The van der Waals surface area contributed by atoms with Crippen molar-refractivity contribution in [3.05, 3.63) is 83.9 Å². The Morgan fingerprint density at radius 3 is 2.03 bits per heavy atom. The second kappa shape index (κ2) is 9.90. The lowest BCUT2D eigenvalue weighted by Gasteiger charge is -2.17. The molecule has 6 heteroatoms. The van der Waals surface area contributed by atoms with Crippen LogP contribution in [0.4, 0.5) is 0 Å². The fraction of sp³-hybridized carbons (Fsp3) is 0.194. The Morgan fingerprint density at radius 1 is 0.784 bits per heavy atom. The first kappa shape index (κ1) is 24.3. The highest BCUT2D eigenvalue weighted by Gasteiger charge is 2.22. The van der Waals surface area contributed by atoms with Gasteiger partial charge < -0.3 is 15.2 Å². The summed E-state index contributed by atoms with van der Waals surface area (Å²) < 4.78 is 5.09. The first-order chi connectivity index (χ1) is 17.9. The summed E-state index contributed by atoms with van der Waals surface area (Å²) in [7, 11) is 0. The molecule has 0 aliphatic rings. The highest BCUT2D eigenvalue weighted by Crippen LogP contribution is 2.42. The first-order valence-electron chi connectivity index (χ1n) is 12.3. The second-order valence-corrected chi connectivity index (χ2v) is 9.32. The summed E-state index contributed by atoms with van der Waals surface area (Å²) >= 11 is 0. The molecule has 6 nitrogen and oxygen atoms in total. The molecule has 5 aromatic rings. The third kappa shape index (κ3) is 4.35. The molecule has 0 radical (unpaired) electrons. The summed E-state index contributed by atoms with van der Waals surface area (Å²) in [6, 6.07) is 19.3. The Bertz CT molecular complexity index is 1650. The Balaban J connectivity index is 1.47. The molecular formula is C31H27NO5. The number of carboxylic acids is 1. The van der Waals surface area contributed by atoms with Crippen LogP contribution in [0.5, 0.6) is 0 Å². The van der Waals surface area contributed by atoms with Crippen molar-refractivity contribution in [2.75, 3.05) is 13.2 Å². The molecule has 0 bridgehead atoms. The maximum atomic E-state index is 13.3. The molecule has 0 saturated heterocycles. The fourth-order valence-electron chi connectivity index (χ4n) is 5.09. The number of rotatable bonds is 9. The highest BCUT2D eigenvalue weighted by atomic mass is 16.5. The minimum Gasteiger partial charge on any atom is -0.478 e. The Hall–Kier alpha value is -4.45. The molecular weight excluding hydrogens is 466 g/mol. The number of unbranched alkanes of at least 4 members (excludes halogenated alkanes) is 2.